The maximum Gasteiger partial charge on any atom is 0.416 e. The smallest absolute Gasteiger partial charge is 0.416 e. The van der Waals surface area contributed by atoms with Gasteiger partial charge in [0.2, 0.25) is 5.88 Å². The Morgan fingerprint density at radius 2 is 1.78 bits per heavy atom. The lowest BCUT2D eigenvalue weighted by Gasteiger charge is -2.11. The summed E-state index contributed by atoms with van der Waals surface area (Å²) >= 11 is 0. The van der Waals surface area contributed by atoms with E-state index in [1.165, 1.54) is 12.1 Å². The van der Waals surface area contributed by atoms with Crippen LogP contribution in [0.15, 0.2) is 60.7 Å². The van der Waals surface area contributed by atoms with Crippen LogP contribution < -0.4 is 20.1 Å². The lowest BCUT2D eigenvalue weighted by Crippen LogP contribution is -2.32. The maximum absolute atomic E-state index is 12.7. The number of hydrogen-bond acceptors (Lipinski definition) is 5. The highest BCUT2D eigenvalue weighted by Crippen LogP contribution is 2.30. The minimum atomic E-state index is -4.48. The largest absolute Gasteiger partial charge is 0.494 e. The molecule has 0 bridgehead atoms. The van der Waals surface area contributed by atoms with Crippen molar-refractivity contribution in [3.05, 3.63) is 66.2 Å². The van der Waals surface area contributed by atoms with Crippen LogP contribution in [0.25, 0.3) is 11.3 Å². The zero-order chi connectivity index (χ0) is 23.0. The summed E-state index contributed by atoms with van der Waals surface area (Å²) in [5, 5.41) is 13.0. The van der Waals surface area contributed by atoms with E-state index in [0.717, 1.165) is 23.4 Å². The van der Waals surface area contributed by atoms with E-state index < -0.39 is 17.8 Å². The molecule has 0 radical (unpaired) electrons. The summed E-state index contributed by atoms with van der Waals surface area (Å²) in [4.78, 5) is 11.9. The number of carbonyl (C=O) groups excluding carboxylic acids is 1. The molecule has 0 spiro atoms. The van der Waals surface area contributed by atoms with E-state index in [-0.39, 0.29) is 24.7 Å². The maximum atomic E-state index is 12.7. The predicted molar refractivity (Wildman–Crippen MR) is 113 cm³/mol. The third kappa shape index (κ3) is 6.59. The zero-order valence-corrected chi connectivity index (χ0v) is 17.1. The van der Waals surface area contributed by atoms with Crippen molar-refractivity contribution in [3.63, 3.8) is 0 Å². The van der Waals surface area contributed by atoms with Crippen molar-refractivity contribution in [3.8, 4) is 22.9 Å². The summed E-state index contributed by atoms with van der Waals surface area (Å²) in [5.74, 6) is 1.05. The molecule has 0 aliphatic heterocycles. The van der Waals surface area contributed by atoms with Gasteiger partial charge >= 0.3 is 12.2 Å². The standard InChI is InChI=1S/C22H21F3N4O3/c1-2-31-18-8-6-15(7-9-18)19-10-11-20(29-28-19)32-13-12-26-21(30)27-17-5-3-4-16(14-17)22(23,24)25/h3-11,14H,2,12-13H2,1H3,(H2,26,27,30). The Labute approximate surface area is 182 Å². The monoisotopic (exact) mass is 446 g/mol. The van der Waals surface area contributed by atoms with Crippen molar-refractivity contribution in [1.82, 2.24) is 15.5 Å². The molecule has 0 unspecified atom stereocenters. The number of aromatic nitrogens is 2. The molecule has 10 heteroatoms. The average molecular weight is 446 g/mol. The van der Waals surface area contributed by atoms with Crippen LogP contribution in [-0.4, -0.2) is 36.0 Å². The highest BCUT2D eigenvalue weighted by atomic mass is 19.4. The number of alkyl halides is 3. The van der Waals surface area contributed by atoms with Gasteiger partial charge in [0.1, 0.15) is 12.4 Å². The number of halogens is 3. The first-order valence-electron chi connectivity index (χ1n) is 9.77. The van der Waals surface area contributed by atoms with Crippen molar-refractivity contribution in [2.24, 2.45) is 0 Å². The molecule has 0 aliphatic rings. The van der Waals surface area contributed by atoms with Crippen LogP contribution >= 0.6 is 0 Å². The van der Waals surface area contributed by atoms with Gasteiger partial charge in [-0.3, -0.25) is 0 Å². The fourth-order valence-electron chi connectivity index (χ4n) is 2.71. The Bertz CT molecular complexity index is 1030. The summed E-state index contributed by atoms with van der Waals surface area (Å²) in [6, 6.07) is 14.6. The molecule has 168 valence electrons. The molecule has 7 nitrogen and oxygen atoms in total. The first-order valence-corrected chi connectivity index (χ1v) is 9.77. The van der Waals surface area contributed by atoms with Crippen LogP contribution in [0.2, 0.25) is 0 Å². The molecule has 0 saturated heterocycles. The number of rotatable bonds is 8. The van der Waals surface area contributed by atoms with Crippen LogP contribution in [0, 0.1) is 0 Å². The highest BCUT2D eigenvalue weighted by molar-refractivity contribution is 5.89. The van der Waals surface area contributed by atoms with E-state index in [0.29, 0.717) is 12.3 Å². The Morgan fingerprint density at radius 1 is 1.00 bits per heavy atom. The van der Waals surface area contributed by atoms with Gasteiger partial charge in [0.25, 0.3) is 0 Å². The SMILES string of the molecule is CCOc1ccc(-c2ccc(OCCNC(=O)Nc3cccc(C(F)(F)F)c3)nn2)cc1. The second-order valence-corrected chi connectivity index (χ2v) is 6.52. The molecule has 2 aromatic carbocycles. The minimum absolute atomic E-state index is 0.0361. The molecule has 32 heavy (non-hydrogen) atoms. The number of amides is 2. The minimum Gasteiger partial charge on any atom is -0.494 e. The molecule has 2 N–H and O–H groups in total. The first-order chi connectivity index (χ1) is 15.3. The summed E-state index contributed by atoms with van der Waals surface area (Å²) in [7, 11) is 0. The molecule has 3 aromatic rings. The first kappa shape index (κ1) is 22.9. The van der Waals surface area contributed by atoms with Gasteiger partial charge in [0.15, 0.2) is 0 Å². The Kier molecular flexibility index (Phi) is 7.48. The zero-order valence-electron chi connectivity index (χ0n) is 17.1. The molecule has 3 rings (SSSR count). The number of carbonyl (C=O) groups is 1. The quantitative estimate of drug-likeness (QED) is 0.488. The van der Waals surface area contributed by atoms with E-state index in [4.69, 9.17) is 9.47 Å². The number of nitrogens with zero attached hydrogens (tertiary/aromatic N) is 2. The molecule has 2 amide bonds. The molecule has 1 aromatic heterocycles. The summed E-state index contributed by atoms with van der Waals surface area (Å²) < 4.78 is 49.0. The Hall–Kier alpha value is -3.82. The van der Waals surface area contributed by atoms with Crippen molar-refractivity contribution < 1.29 is 27.4 Å². The van der Waals surface area contributed by atoms with Crippen LogP contribution in [0.3, 0.4) is 0 Å². The number of urea groups is 1. The molecular formula is C22H21F3N4O3. The van der Waals surface area contributed by atoms with Crippen LogP contribution in [-0.2, 0) is 6.18 Å². The molecular weight excluding hydrogens is 425 g/mol. The Morgan fingerprint density at radius 3 is 2.44 bits per heavy atom. The van der Waals surface area contributed by atoms with Crippen LogP contribution in [0.4, 0.5) is 23.7 Å². The number of hydrogen-bond donors (Lipinski definition) is 2. The second-order valence-electron chi connectivity index (χ2n) is 6.52. The number of ether oxygens (including phenoxy) is 2. The number of nitrogens with one attached hydrogen (secondary N) is 2. The third-order valence-electron chi connectivity index (χ3n) is 4.19. The summed E-state index contributed by atoms with van der Waals surface area (Å²) in [6.45, 7) is 2.73. The second kappa shape index (κ2) is 10.5. The normalized spacial score (nSPS) is 11.0. The van der Waals surface area contributed by atoms with E-state index in [9.17, 15) is 18.0 Å². The fourth-order valence-corrected chi connectivity index (χ4v) is 2.71. The highest BCUT2D eigenvalue weighted by Gasteiger charge is 2.30. The number of benzene rings is 2. The van der Waals surface area contributed by atoms with E-state index in [2.05, 4.69) is 20.8 Å². The van der Waals surface area contributed by atoms with Crippen molar-refractivity contribution in [2.75, 3.05) is 25.1 Å². The van der Waals surface area contributed by atoms with Gasteiger partial charge in [-0.2, -0.15) is 13.2 Å². The topological polar surface area (TPSA) is 85.4 Å². The Balaban J connectivity index is 1.43. The van der Waals surface area contributed by atoms with E-state index in [1.54, 1.807) is 12.1 Å². The van der Waals surface area contributed by atoms with E-state index in [1.807, 2.05) is 31.2 Å². The van der Waals surface area contributed by atoms with Gasteiger partial charge in [-0.05, 0) is 55.5 Å². The predicted octanol–water partition coefficient (Wildman–Crippen LogP) is 4.76. The molecule has 1 heterocycles. The number of anilines is 1. The average Bonchev–Trinajstić information content (AvgIpc) is 2.78. The van der Waals surface area contributed by atoms with Crippen molar-refractivity contribution in [1.29, 1.82) is 0 Å². The van der Waals surface area contributed by atoms with Crippen LogP contribution in [0.1, 0.15) is 12.5 Å². The van der Waals surface area contributed by atoms with Gasteiger partial charge in [-0.15, -0.1) is 10.2 Å². The fraction of sp³-hybridized carbons (Fsp3) is 0.227. The van der Waals surface area contributed by atoms with Crippen LogP contribution in [0.5, 0.6) is 11.6 Å². The van der Waals surface area contributed by atoms with E-state index >= 15 is 0 Å². The summed E-state index contributed by atoms with van der Waals surface area (Å²) in [5.41, 5.74) is 0.735. The van der Waals surface area contributed by atoms with Gasteiger partial charge in [-0.1, -0.05) is 6.07 Å². The molecule has 0 saturated carbocycles. The van der Waals surface area contributed by atoms with Gasteiger partial charge in [0.05, 0.1) is 24.4 Å². The summed E-state index contributed by atoms with van der Waals surface area (Å²) in [6.07, 6.45) is -4.48. The molecule has 0 atom stereocenters. The van der Waals surface area contributed by atoms with Crippen molar-refractivity contribution >= 4 is 11.7 Å². The lowest BCUT2D eigenvalue weighted by atomic mass is 10.1. The third-order valence-corrected chi connectivity index (χ3v) is 4.19. The van der Waals surface area contributed by atoms with Gasteiger partial charge in [0, 0.05) is 17.3 Å². The van der Waals surface area contributed by atoms with Gasteiger partial charge < -0.3 is 20.1 Å². The molecule has 0 aliphatic carbocycles. The van der Waals surface area contributed by atoms with Crippen molar-refractivity contribution in [2.45, 2.75) is 13.1 Å². The van der Waals surface area contributed by atoms with Gasteiger partial charge in [-0.25, -0.2) is 4.79 Å². The lowest BCUT2D eigenvalue weighted by molar-refractivity contribution is -0.137. The molecule has 0 fully saturated rings.